The summed E-state index contributed by atoms with van der Waals surface area (Å²) in [7, 11) is 0. The molecule has 2 saturated carbocycles. The van der Waals surface area contributed by atoms with Crippen molar-refractivity contribution in [1.82, 2.24) is 5.32 Å². The summed E-state index contributed by atoms with van der Waals surface area (Å²) in [4.78, 5) is 11.9. The van der Waals surface area contributed by atoms with Crippen molar-refractivity contribution in [2.75, 3.05) is 0 Å². The number of carbonyl (C=O) groups excluding carboxylic acids is 1. The molecule has 0 saturated heterocycles. The fraction of sp³-hybridized carbons (Fsp3) is 0.909. The van der Waals surface area contributed by atoms with Crippen LogP contribution in [0.2, 0.25) is 0 Å². The Morgan fingerprint density at radius 3 is 2.36 bits per heavy atom. The predicted molar refractivity (Wildman–Crippen MR) is 55.6 cm³/mol. The highest BCUT2D eigenvalue weighted by molar-refractivity contribution is 5.85. The topological polar surface area (TPSA) is 55.1 Å². The van der Waals surface area contributed by atoms with Crippen LogP contribution in [0.25, 0.3) is 0 Å². The highest BCUT2D eigenvalue weighted by Gasteiger charge is 2.52. The van der Waals surface area contributed by atoms with Gasteiger partial charge in [0.25, 0.3) is 0 Å². The third-order valence-corrected chi connectivity index (χ3v) is 3.86. The van der Waals surface area contributed by atoms with Crippen molar-refractivity contribution in [3.05, 3.63) is 0 Å². The van der Waals surface area contributed by atoms with Crippen molar-refractivity contribution in [2.45, 2.75) is 51.6 Å². The molecule has 3 N–H and O–H groups in total. The third-order valence-electron chi connectivity index (χ3n) is 3.86. The average Bonchev–Trinajstić information content (AvgIpc) is 2.80. The molecule has 0 aromatic heterocycles. The molecule has 0 aromatic carbocycles. The van der Waals surface area contributed by atoms with Crippen molar-refractivity contribution >= 4 is 5.91 Å². The van der Waals surface area contributed by atoms with Crippen LogP contribution in [-0.4, -0.2) is 18.0 Å². The summed E-state index contributed by atoms with van der Waals surface area (Å²) >= 11 is 0. The molecule has 2 aliphatic rings. The van der Waals surface area contributed by atoms with Crippen molar-refractivity contribution < 1.29 is 4.79 Å². The van der Waals surface area contributed by atoms with Gasteiger partial charge in [-0.1, -0.05) is 13.8 Å². The van der Waals surface area contributed by atoms with E-state index in [4.69, 9.17) is 5.73 Å². The zero-order valence-corrected chi connectivity index (χ0v) is 9.05. The maximum absolute atomic E-state index is 11.9. The van der Waals surface area contributed by atoms with E-state index in [-0.39, 0.29) is 11.3 Å². The van der Waals surface area contributed by atoms with Gasteiger partial charge in [0.05, 0.1) is 5.41 Å². The van der Waals surface area contributed by atoms with Crippen LogP contribution in [0.15, 0.2) is 0 Å². The van der Waals surface area contributed by atoms with E-state index in [9.17, 15) is 4.79 Å². The second-order valence-corrected chi connectivity index (χ2v) is 5.21. The van der Waals surface area contributed by atoms with Crippen LogP contribution in [0, 0.1) is 11.3 Å². The molecular formula is C11H20N2O. The van der Waals surface area contributed by atoms with E-state index in [2.05, 4.69) is 19.2 Å². The van der Waals surface area contributed by atoms with Gasteiger partial charge in [-0.15, -0.1) is 0 Å². The quantitative estimate of drug-likeness (QED) is 0.708. The first-order valence-electron chi connectivity index (χ1n) is 5.61. The van der Waals surface area contributed by atoms with E-state index in [1.807, 2.05) is 0 Å². The summed E-state index contributed by atoms with van der Waals surface area (Å²) in [5.41, 5.74) is 5.65. The van der Waals surface area contributed by atoms with Crippen LogP contribution in [0.3, 0.4) is 0 Å². The van der Waals surface area contributed by atoms with Gasteiger partial charge < -0.3 is 11.1 Å². The van der Waals surface area contributed by atoms with Crippen LogP contribution in [0.4, 0.5) is 0 Å². The molecule has 2 fully saturated rings. The minimum Gasteiger partial charge on any atom is -0.353 e. The minimum atomic E-state index is -0.0281. The van der Waals surface area contributed by atoms with Gasteiger partial charge in [0.2, 0.25) is 5.91 Å². The lowest BCUT2D eigenvalue weighted by molar-refractivity contribution is -0.129. The van der Waals surface area contributed by atoms with Crippen LogP contribution < -0.4 is 11.1 Å². The molecule has 1 amide bonds. The Labute approximate surface area is 85.4 Å². The van der Waals surface area contributed by atoms with Crippen LogP contribution >= 0.6 is 0 Å². The van der Waals surface area contributed by atoms with Crippen LogP contribution in [0.1, 0.15) is 39.5 Å². The van der Waals surface area contributed by atoms with Crippen molar-refractivity contribution in [3.63, 3.8) is 0 Å². The third kappa shape index (κ3) is 1.54. The highest BCUT2D eigenvalue weighted by Crippen LogP contribution is 2.52. The van der Waals surface area contributed by atoms with Gasteiger partial charge in [0.15, 0.2) is 0 Å². The highest BCUT2D eigenvalue weighted by atomic mass is 16.2. The monoisotopic (exact) mass is 196 g/mol. The van der Waals surface area contributed by atoms with Gasteiger partial charge in [-0.2, -0.15) is 0 Å². The Morgan fingerprint density at radius 1 is 1.43 bits per heavy atom. The van der Waals surface area contributed by atoms with Gasteiger partial charge in [0, 0.05) is 12.1 Å². The Balaban J connectivity index is 1.84. The zero-order valence-electron chi connectivity index (χ0n) is 9.05. The van der Waals surface area contributed by atoms with E-state index in [1.54, 1.807) is 0 Å². The SMILES string of the molecule is CC(C)C1(C(=O)NC2CC(N)C2)CC1. The number of amides is 1. The van der Waals surface area contributed by atoms with Gasteiger partial charge in [0.1, 0.15) is 0 Å². The number of nitrogens with one attached hydrogen (secondary N) is 1. The number of hydrogen-bond acceptors (Lipinski definition) is 2. The summed E-state index contributed by atoms with van der Waals surface area (Å²) in [6.45, 7) is 4.28. The molecule has 3 heteroatoms. The zero-order chi connectivity index (χ0) is 10.3. The maximum Gasteiger partial charge on any atom is 0.226 e. The first-order valence-corrected chi connectivity index (χ1v) is 5.61. The fourth-order valence-electron chi connectivity index (χ4n) is 2.31. The Bertz CT molecular complexity index is 240. The molecule has 0 bridgehead atoms. The molecule has 0 radical (unpaired) electrons. The fourth-order valence-corrected chi connectivity index (χ4v) is 2.31. The molecule has 2 rings (SSSR count). The molecule has 0 unspecified atom stereocenters. The largest absolute Gasteiger partial charge is 0.353 e. The van der Waals surface area contributed by atoms with Crippen molar-refractivity contribution in [2.24, 2.45) is 17.1 Å². The number of nitrogens with two attached hydrogens (primary N) is 1. The summed E-state index contributed by atoms with van der Waals surface area (Å²) in [5.74, 6) is 0.737. The second-order valence-electron chi connectivity index (χ2n) is 5.21. The normalized spacial score (nSPS) is 33.7. The van der Waals surface area contributed by atoms with Crippen molar-refractivity contribution in [3.8, 4) is 0 Å². The molecule has 0 heterocycles. The molecule has 0 aliphatic heterocycles. The molecule has 0 spiro atoms. The van der Waals surface area contributed by atoms with E-state index in [1.165, 1.54) is 0 Å². The molecule has 2 aliphatic carbocycles. The van der Waals surface area contributed by atoms with E-state index in [0.29, 0.717) is 18.0 Å². The van der Waals surface area contributed by atoms with Gasteiger partial charge in [-0.25, -0.2) is 0 Å². The summed E-state index contributed by atoms with van der Waals surface area (Å²) < 4.78 is 0. The van der Waals surface area contributed by atoms with Crippen LogP contribution in [-0.2, 0) is 4.79 Å². The van der Waals surface area contributed by atoms with Gasteiger partial charge in [-0.05, 0) is 31.6 Å². The Hall–Kier alpha value is -0.570. The lowest BCUT2D eigenvalue weighted by Gasteiger charge is -2.34. The molecule has 0 aromatic rings. The molecule has 0 atom stereocenters. The van der Waals surface area contributed by atoms with E-state index in [0.717, 1.165) is 25.7 Å². The van der Waals surface area contributed by atoms with E-state index < -0.39 is 0 Å². The summed E-state index contributed by atoms with van der Waals surface area (Å²) in [6.07, 6.45) is 4.05. The molecule has 14 heavy (non-hydrogen) atoms. The van der Waals surface area contributed by atoms with Crippen molar-refractivity contribution in [1.29, 1.82) is 0 Å². The maximum atomic E-state index is 11.9. The van der Waals surface area contributed by atoms with Gasteiger partial charge in [-0.3, -0.25) is 4.79 Å². The number of hydrogen-bond donors (Lipinski definition) is 2. The average molecular weight is 196 g/mol. The first kappa shape index (κ1) is 9.97. The molecule has 3 nitrogen and oxygen atoms in total. The van der Waals surface area contributed by atoms with Gasteiger partial charge >= 0.3 is 0 Å². The smallest absolute Gasteiger partial charge is 0.226 e. The molecule has 80 valence electrons. The Kier molecular flexibility index (Phi) is 2.30. The Morgan fingerprint density at radius 2 is 2.00 bits per heavy atom. The minimum absolute atomic E-state index is 0.0281. The summed E-state index contributed by atoms with van der Waals surface area (Å²) in [6, 6.07) is 0.670. The second kappa shape index (κ2) is 3.23. The number of rotatable bonds is 3. The lowest BCUT2D eigenvalue weighted by atomic mass is 9.85. The van der Waals surface area contributed by atoms with E-state index >= 15 is 0 Å². The van der Waals surface area contributed by atoms with Crippen LogP contribution in [0.5, 0.6) is 0 Å². The standard InChI is InChI=1S/C11H20N2O/c1-7(2)11(3-4-11)10(14)13-9-5-8(12)6-9/h7-9H,3-6,12H2,1-2H3,(H,13,14). The lowest BCUT2D eigenvalue weighted by Crippen LogP contribution is -2.52. The molecular weight excluding hydrogens is 176 g/mol. The summed E-state index contributed by atoms with van der Waals surface area (Å²) in [5, 5.41) is 3.11. The number of carbonyl (C=O) groups is 1. The predicted octanol–water partition coefficient (Wildman–Crippen LogP) is 1.03. The first-order chi connectivity index (χ1) is 6.54.